The summed E-state index contributed by atoms with van der Waals surface area (Å²) in [7, 11) is 0. The molecule has 0 bridgehead atoms. The number of Topliss-reactive ketones (excluding diaryl/α,β-unsaturated/α-hetero) is 1. The van der Waals surface area contributed by atoms with Gasteiger partial charge in [0.1, 0.15) is 0 Å². The molecule has 96 valence electrons. The molecule has 1 aromatic carbocycles. The second kappa shape index (κ2) is 5.34. The van der Waals surface area contributed by atoms with Crippen LogP contribution in [-0.2, 0) is 4.79 Å². The molecule has 2 rings (SSSR count). The average molecular weight is 245 g/mol. The number of para-hydroxylation sites is 1. The van der Waals surface area contributed by atoms with Crippen molar-refractivity contribution >= 4 is 17.4 Å². The van der Waals surface area contributed by atoms with Gasteiger partial charge in [0.15, 0.2) is 5.78 Å². The summed E-state index contributed by atoms with van der Waals surface area (Å²) in [6.07, 6.45) is 2.93. The first-order valence-electron chi connectivity index (χ1n) is 6.58. The largest absolute Gasteiger partial charge is 0.311 e. The minimum atomic E-state index is 0.139. The molecule has 1 amide bonds. The zero-order valence-electron chi connectivity index (χ0n) is 11.0. The molecule has 0 aliphatic carbocycles. The van der Waals surface area contributed by atoms with Gasteiger partial charge in [-0.25, -0.2) is 0 Å². The van der Waals surface area contributed by atoms with Gasteiger partial charge in [-0.2, -0.15) is 0 Å². The SMILES string of the molecule is CCCCC(=O)N1CCC(=O)c2cccc(C)c21. The number of rotatable bonds is 3. The van der Waals surface area contributed by atoms with Crippen LogP contribution < -0.4 is 4.90 Å². The number of carbonyl (C=O) groups excluding carboxylic acids is 2. The third-order valence-corrected chi connectivity index (χ3v) is 3.42. The first-order chi connectivity index (χ1) is 8.65. The molecule has 0 radical (unpaired) electrons. The van der Waals surface area contributed by atoms with Crippen molar-refractivity contribution in [1.82, 2.24) is 0 Å². The van der Waals surface area contributed by atoms with E-state index in [1.165, 1.54) is 0 Å². The second-order valence-electron chi connectivity index (χ2n) is 4.79. The number of nitrogens with zero attached hydrogens (tertiary/aromatic N) is 1. The van der Waals surface area contributed by atoms with Crippen molar-refractivity contribution in [2.45, 2.75) is 39.5 Å². The van der Waals surface area contributed by atoms with Gasteiger partial charge in [-0.1, -0.05) is 25.5 Å². The zero-order chi connectivity index (χ0) is 13.1. The zero-order valence-corrected chi connectivity index (χ0v) is 11.0. The molecule has 1 aliphatic rings. The minimum Gasteiger partial charge on any atom is -0.311 e. The van der Waals surface area contributed by atoms with Gasteiger partial charge in [-0.3, -0.25) is 9.59 Å². The quantitative estimate of drug-likeness (QED) is 0.820. The molecule has 0 spiro atoms. The Kier molecular flexibility index (Phi) is 3.80. The van der Waals surface area contributed by atoms with Crippen LogP contribution in [0.15, 0.2) is 18.2 Å². The van der Waals surface area contributed by atoms with Crippen molar-refractivity contribution < 1.29 is 9.59 Å². The lowest BCUT2D eigenvalue weighted by molar-refractivity contribution is -0.118. The number of unbranched alkanes of at least 4 members (excludes halogenated alkanes) is 1. The number of anilines is 1. The Bertz CT molecular complexity index is 479. The molecule has 0 atom stereocenters. The highest BCUT2D eigenvalue weighted by Crippen LogP contribution is 2.31. The average Bonchev–Trinajstić information content (AvgIpc) is 2.37. The van der Waals surface area contributed by atoms with E-state index in [4.69, 9.17) is 0 Å². The number of fused-ring (bicyclic) bond motifs is 1. The van der Waals surface area contributed by atoms with E-state index in [0.717, 1.165) is 24.1 Å². The van der Waals surface area contributed by atoms with Crippen LogP contribution in [0.2, 0.25) is 0 Å². The van der Waals surface area contributed by atoms with E-state index in [2.05, 4.69) is 6.92 Å². The van der Waals surface area contributed by atoms with Gasteiger partial charge in [0.05, 0.1) is 5.69 Å². The van der Waals surface area contributed by atoms with E-state index in [1.807, 2.05) is 25.1 Å². The van der Waals surface area contributed by atoms with Gasteiger partial charge in [0, 0.05) is 24.9 Å². The summed E-state index contributed by atoms with van der Waals surface area (Å²) in [4.78, 5) is 25.9. The summed E-state index contributed by atoms with van der Waals surface area (Å²) in [5.41, 5.74) is 2.53. The molecule has 3 nitrogen and oxygen atoms in total. The summed E-state index contributed by atoms with van der Waals surface area (Å²) in [5, 5.41) is 0. The smallest absolute Gasteiger partial charge is 0.227 e. The summed E-state index contributed by atoms with van der Waals surface area (Å²) in [6, 6.07) is 5.66. The molecule has 0 N–H and O–H groups in total. The highest BCUT2D eigenvalue weighted by atomic mass is 16.2. The molecule has 1 aliphatic heterocycles. The predicted molar refractivity (Wildman–Crippen MR) is 72.0 cm³/mol. The van der Waals surface area contributed by atoms with Crippen LogP contribution in [0, 0.1) is 6.92 Å². The lowest BCUT2D eigenvalue weighted by atomic mass is 9.96. The van der Waals surface area contributed by atoms with Crippen molar-refractivity contribution in [2.75, 3.05) is 11.4 Å². The van der Waals surface area contributed by atoms with Gasteiger partial charge >= 0.3 is 0 Å². The summed E-state index contributed by atoms with van der Waals surface area (Å²) < 4.78 is 0. The van der Waals surface area contributed by atoms with Gasteiger partial charge in [0.2, 0.25) is 5.91 Å². The number of carbonyl (C=O) groups is 2. The van der Waals surface area contributed by atoms with Crippen LogP contribution in [0.25, 0.3) is 0 Å². The van der Waals surface area contributed by atoms with Crippen molar-refractivity contribution in [3.63, 3.8) is 0 Å². The molecule has 0 saturated heterocycles. The molecule has 1 aromatic rings. The van der Waals surface area contributed by atoms with Gasteiger partial charge in [-0.05, 0) is 25.0 Å². The van der Waals surface area contributed by atoms with Crippen LogP contribution in [0.3, 0.4) is 0 Å². The lowest BCUT2D eigenvalue weighted by Crippen LogP contribution is -2.37. The van der Waals surface area contributed by atoms with Crippen LogP contribution in [0.1, 0.15) is 48.5 Å². The van der Waals surface area contributed by atoms with Crippen molar-refractivity contribution in [3.8, 4) is 0 Å². The Morgan fingerprint density at radius 1 is 1.39 bits per heavy atom. The number of hydrogen-bond donors (Lipinski definition) is 0. The van der Waals surface area contributed by atoms with Gasteiger partial charge in [0.25, 0.3) is 0 Å². The van der Waals surface area contributed by atoms with E-state index in [0.29, 0.717) is 24.9 Å². The summed E-state index contributed by atoms with van der Waals surface area (Å²) in [6.45, 7) is 4.56. The number of amides is 1. The summed E-state index contributed by atoms with van der Waals surface area (Å²) in [5.74, 6) is 0.285. The van der Waals surface area contributed by atoms with Crippen molar-refractivity contribution in [3.05, 3.63) is 29.3 Å². The van der Waals surface area contributed by atoms with Crippen LogP contribution in [0.5, 0.6) is 0 Å². The Balaban J connectivity index is 2.34. The fraction of sp³-hybridized carbons (Fsp3) is 0.467. The monoisotopic (exact) mass is 245 g/mol. The molecular formula is C15H19NO2. The predicted octanol–water partition coefficient (Wildman–Crippen LogP) is 3.10. The number of hydrogen-bond acceptors (Lipinski definition) is 2. The highest BCUT2D eigenvalue weighted by molar-refractivity contribution is 6.09. The Morgan fingerprint density at radius 2 is 2.17 bits per heavy atom. The van der Waals surface area contributed by atoms with E-state index < -0.39 is 0 Å². The maximum atomic E-state index is 12.2. The molecule has 0 saturated carbocycles. The third-order valence-electron chi connectivity index (χ3n) is 3.42. The molecule has 18 heavy (non-hydrogen) atoms. The molecule has 0 aromatic heterocycles. The third kappa shape index (κ3) is 2.30. The van der Waals surface area contributed by atoms with E-state index in [9.17, 15) is 9.59 Å². The van der Waals surface area contributed by atoms with Gasteiger partial charge in [-0.15, -0.1) is 0 Å². The second-order valence-corrected chi connectivity index (χ2v) is 4.79. The molecule has 1 heterocycles. The maximum Gasteiger partial charge on any atom is 0.227 e. The first kappa shape index (κ1) is 12.8. The number of aryl methyl sites for hydroxylation is 1. The number of ketones is 1. The topological polar surface area (TPSA) is 37.4 Å². The standard InChI is InChI=1S/C15H19NO2/c1-3-4-8-14(18)16-10-9-13(17)12-7-5-6-11(2)15(12)16/h5-7H,3-4,8-10H2,1-2H3. The molecule has 3 heteroatoms. The van der Waals surface area contributed by atoms with Crippen LogP contribution in [-0.4, -0.2) is 18.2 Å². The van der Waals surface area contributed by atoms with Crippen molar-refractivity contribution in [2.24, 2.45) is 0 Å². The summed E-state index contributed by atoms with van der Waals surface area (Å²) >= 11 is 0. The fourth-order valence-corrected chi connectivity index (χ4v) is 2.41. The number of benzene rings is 1. The van der Waals surface area contributed by atoms with E-state index >= 15 is 0 Å². The minimum absolute atomic E-state index is 0.139. The first-order valence-corrected chi connectivity index (χ1v) is 6.58. The Labute approximate surface area is 108 Å². The maximum absolute atomic E-state index is 12.2. The van der Waals surface area contributed by atoms with E-state index in [1.54, 1.807) is 4.90 Å². The normalized spacial score (nSPS) is 14.6. The van der Waals surface area contributed by atoms with Crippen molar-refractivity contribution in [1.29, 1.82) is 0 Å². The lowest BCUT2D eigenvalue weighted by Gasteiger charge is -2.30. The highest BCUT2D eigenvalue weighted by Gasteiger charge is 2.27. The van der Waals surface area contributed by atoms with Gasteiger partial charge < -0.3 is 4.90 Å². The van der Waals surface area contributed by atoms with Crippen LogP contribution >= 0.6 is 0 Å². The van der Waals surface area contributed by atoms with Crippen LogP contribution in [0.4, 0.5) is 5.69 Å². The molecule has 0 unspecified atom stereocenters. The Hall–Kier alpha value is -1.64. The van der Waals surface area contributed by atoms with E-state index in [-0.39, 0.29) is 11.7 Å². The molecular weight excluding hydrogens is 226 g/mol. The fourth-order valence-electron chi connectivity index (χ4n) is 2.41. The molecule has 0 fully saturated rings. The Morgan fingerprint density at radius 3 is 2.89 bits per heavy atom.